The number of nitrogens with one attached hydrogen (secondary N) is 1. The molecule has 0 spiro atoms. The maximum atomic E-state index is 4.44. The first-order valence-corrected chi connectivity index (χ1v) is 5.27. The van der Waals surface area contributed by atoms with Crippen LogP contribution >= 0.6 is 0 Å². The van der Waals surface area contributed by atoms with Gasteiger partial charge >= 0.3 is 0 Å². The lowest BCUT2D eigenvalue weighted by Gasteiger charge is -2.15. The molecule has 3 rings (SSSR count). The van der Waals surface area contributed by atoms with Gasteiger partial charge in [0.15, 0.2) is 0 Å². The van der Waals surface area contributed by atoms with E-state index in [4.69, 9.17) is 0 Å². The Kier molecular flexibility index (Phi) is 2.03. The largest absolute Gasteiger partial charge is 0.311 e. The predicted octanol–water partition coefficient (Wildman–Crippen LogP) is 1.52. The highest BCUT2D eigenvalue weighted by atomic mass is 15.3. The maximum Gasteiger partial charge on any atom is 0.0649 e. The number of nitrogens with zero attached hydrogens (tertiary/aromatic N) is 2. The normalized spacial score (nSPS) is 14.9. The van der Waals surface area contributed by atoms with E-state index in [-0.39, 0.29) is 0 Å². The topological polar surface area (TPSA) is 29.9 Å². The van der Waals surface area contributed by atoms with Crippen molar-refractivity contribution < 1.29 is 0 Å². The Labute approximate surface area is 88.7 Å². The van der Waals surface area contributed by atoms with Crippen LogP contribution in [0.2, 0.25) is 0 Å². The number of aromatic nitrogens is 2. The molecule has 0 radical (unpaired) electrons. The predicted molar refractivity (Wildman–Crippen MR) is 59.0 cm³/mol. The molecule has 0 saturated heterocycles. The molecular weight excluding hydrogens is 186 g/mol. The van der Waals surface area contributed by atoms with E-state index >= 15 is 0 Å². The molecule has 0 aliphatic carbocycles. The van der Waals surface area contributed by atoms with Crippen LogP contribution in [0.4, 0.5) is 0 Å². The zero-order valence-electron chi connectivity index (χ0n) is 8.48. The van der Waals surface area contributed by atoms with Crippen LogP contribution in [-0.2, 0) is 13.0 Å². The Morgan fingerprint density at radius 2 is 2.07 bits per heavy atom. The van der Waals surface area contributed by atoms with Gasteiger partial charge in [0.25, 0.3) is 0 Å². The van der Waals surface area contributed by atoms with Crippen LogP contribution in [0.15, 0.2) is 36.5 Å². The molecule has 2 aromatic rings. The summed E-state index contributed by atoms with van der Waals surface area (Å²) in [4.78, 5) is 0. The first-order valence-electron chi connectivity index (χ1n) is 5.27. The standard InChI is InChI=1S/C12H13N3/c1-2-4-11(5-3-1)15-12-9-13-7-6-10(12)8-14-15/h1-5,8,13H,6-7,9H2. The zero-order chi connectivity index (χ0) is 10.1. The van der Waals surface area contributed by atoms with Crippen LogP contribution < -0.4 is 5.32 Å². The molecule has 0 unspecified atom stereocenters. The molecule has 3 heteroatoms. The molecule has 1 aromatic heterocycles. The highest BCUT2D eigenvalue weighted by Gasteiger charge is 2.14. The fourth-order valence-corrected chi connectivity index (χ4v) is 2.03. The number of hydrogen-bond donors (Lipinski definition) is 1. The number of para-hydroxylation sites is 1. The van der Waals surface area contributed by atoms with Gasteiger partial charge in [-0.25, -0.2) is 4.68 Å². The Bertz CT molecular complexity index is 459. The van der Waals surface area contributed by atoms with E-state index < -0.39 is 0 Å². The molecule has 1 aliphatic heterocycles. The number of benzene rings is 1. The third-order valence-electron chi connectivity index (χ3n) is 2.82. The summed E-state index contributed by atoms with van der Waals surface area (Å²) in [5, 5.41) is 7.82. The van der Waals surface area contributed by atoms with Crippen molar-refractivity contribution in [2.24, 2.45) is 0 Å². The molecule has 1 N–H and O–H groups in total. The van der Waals surface area contributed by atoms with E-state index in [1.807, 2.05) is 29.1 Å². The summed E-state index contributed by atoms with van der Waals surface area (Å²) in [7, 11) is 0. The second-order valence-corrected chi connectivity index (χ2v) is 3.79. The van der Waals surface area contributed by atoms with Crippen molar-refractivity contribution in [1.29, 1.82) is 0 Å². The van der Waals surface area contributed by atoms with Crippen LogP contribution in [-0.4, -0.2) is 16.3 Å². The second kappa shape index (κ2) is 3.51. The van der Waals surface area contributed by atoms with Crippen molar-refractivity contribution in [2.45, 2.75) is 13.0 Å². The smallest absolute Gasteiger partial charge is 0.0649 e. The minimum absolute atomic E-state index is 0.921. The molecule has 15 heavy (non-hydrogen) atoms. The van der Waals surface area contributed by atoms with Gasteiger partial charge in [0.05, 0.1) is 17.6 Å². The lowest BCUT2D eigenvalue weighted by atomic mass is 10.1. The molecular formula is C12H13N3. The highest BCUT2D eigenvalue weighted by molar-refractivity contribution is 5.35. The summed E-state index contributed by atoms with van der Waals surface area (Å²) in [5.74, 6) is 0. The van der Waals surface area contributed by atoms with Crippen molar-refractivity contribution >= 4 is 0 Å². The van der Waals surface area contributed by atoms with Crippen LogP contribution in [0.3, 0.4) is 0 Å². The number of rotatable bonds is 1. The van der Waals surface area contributed by atoms with Crippen molar-refractivity contribution in [3.63, 3.8) is 0 Å². The summed E-state index contributed by atoms with van der Waals surface area (Å²) in [6.07, 6.45) is 3.07. The molecule has 2 heterocycles. The van der Waals surface area contributed by atoms with Crippen molar-refractivity contribution in [1.82, 2.24) is 15.1 Å². The van der Waals surface area contributed by atoms with E-state index in [1.165, 1.54) is 11.3 Å². The van der Waals surface area contributed by atoms with Gasteiger partial charge < -0.3 is 5.32 Å². The number of fused-ring (bicyclic) bond motifs is 1. The molecule has 0 atom stereocenters. The lowest BCUT2D eigenvalue weighted by molar-refractivity contribution is 0.614. The average Bonchev–Trinajstić information content (AvgIpc) is 2.74. The Morgan fingerprint density at radius 3 is 2.93 bits per heavy atom. The lowest BCUT2D eigenvalue weighted by Crippen LogP contribution is -2.24. The molecule has 0 amide bonds. The van der Waals surface area contributed by atoms with Gasteiger partial charge in [-0.05, 0) is 30.7 Å². The van der Waals surface area contributed by atoms with Gasteiger partial charge in [-0.2, -0.15) is 5.10 Å². The fraction of sp³-hybridized carbons (Fsp3) is 0.250. The van der Waals surface area contributed by atoms with E-state index in [1.54, 1.807) is 0 Å². The minimum atomic E-state index is 0.921. The SMILES string of the molecule is c1ccc(-n2ncc3c2CNCC3)cc1. The summed E-state index contributed by atoms with van der Waals surface area (Å²) in [6.45, 7) is 1.98. The van der Waals surface area contributed by atoms with Gasteiger partial charge in [-0.1, -0.05) is 18.2 Å². The zero-order valence-corrected chi connectivity index (χ0v) is 8.48. The van der Waals surface area contributed by atoms with E-state index in [0.29, 0.717) is 0 Å². The third-order valence-corrected chi connectivity index (χ3v) is 2.82. The van der Waals surface area contributed by atoms with E-state index in [2.05, 4.69) is 22.5 Å². The maximum absolute atomic E-state index is 4.44. The average molecular weight is 199 g/mol. The van der Waals surface area contributed by atoms with Gasteiger partial charge in [0.1, 0.15) is 0 Å². The summed E-state index contributed by atoms with van der Waals surface area (Å²) in [5.41, 5.74) is 3.81. The van der Waals surface area contributed by atoms with Gasteiger partial charge in [0.2, 0.25) is 0 Å². The van der Waals surface area contributed by atoms with Crippen LogP contribution in [0.5, 0.6) is 0 Å². The van der Waals surface area contributed by atoms with Crippen LogP contribution in [0.1, 0.15) is 11.3 Å². The summed E-state index contributed by atoms with van der Waals surface area (Å²) >= 11 is 0. The summed E-state index contributed by atoms with van der Waals surface area (Å²) < 4.78 is 2.03. The quantitative estimate of drug-likeness (QED) is 0.754. The fourth-order valence-electron chi connectivity index (χ4n) is 2.03. The minimum Gasteiger partial charge on any atom is -0.311 e. The molecule has 1 aliphatic rings. The molecule has 3 nitrogen and oxygen atoms in total. The Balaban J connectivity index is 2.09. The molecule has 0 fully saturated rings. The Hall–Kier alpha value is -1.61. The van der Waals surface area contributed by atoms with E-state index in [9.17, 15) is 0 Å². The molecule has 1 aromatic carbocycles. The first kappa shape index (κ1) is 8.68. The van der Waals surface area contributed by atoms with Crippen LogP contribution in [0.25, 0.3) is 5.69 Å². The van der Waals surface area contributed by atoms with E-state index in [0.717, 1.165) is 25.2 Å². The molecule has 0 bridgehead atoms. The first-order chi connectivity index (χ1) is 7.45. The number of hydrogen-bond acceptors (Lipinski definition) is 2. The summed E-state index contributed by atoms with van der Waals surface area (Å²) in [6, 6.07) is 10.3. The highest BCUT2D eigenvalue weighted by Crippen LogP contribution is 2.17. The van der Waals surface area contributed by atoms with Crippen LogP contribution in [0, 0.1) is 0 Å². The van der Waals surface area contributed by atoms with Gasteiger partial charge in [-0.15, -0.1) is 0 Å². The third kappa shape index (κ3) is 1.45. The van der Waals surface area contributed by atoms with Crippen molar-refractivity contribution in [3.8, 4) is 5.69 Å². The van der Waals surface area contributed by atoms with Crippen molar-refractivity contribution in [2.75, 3.05) is 6.54 Å². The van der Waals surface area contributed by atoms with Gasteiger partial charge in [-0.3, -0.25) is 0 Å². The molecule has 76 valence electrons. The monoisotopic (exact) mass is 199 g/mol. The second-order valence-electron chi connectivity index (χ2n) is 3.79. The molecule has 0 saturated carbocycles. The van der Waals surface area contributed by atoms with Gasteiger partial charge in [0, 0.05) is 6.54 Å². The Morgan fingerprint density at radius 1 is 1.20 bits per heavy atom. The van der Waals surface area contributed by atoms with Crippen molar-refractivity contribution in [3.05, 3.63) is 47.8 Å².